The summed E-state index contributed by atoms with van der Waals surface area (Å²) >= 11 is 0. The lowest BCUT2D eigenvalue weighted by atomic mass is 10.1. The maximum atomic E-state index is 12.9. The van der Waals surface area contributed by atoms with Crippen LogP contribution in [0.25, 0.3) is 11.3 Å². The summed E-state index contributed by atoms with van der Waals surface area (Å²) in [7, 11) is 0. The average molecular weight is 471 g/mol. The van der Waals surface area contributed by atoms with Gasteiger partial charge in [-0.2, -0.15) is 13.2 Å². The van der Waals surface area contributed by atoms with Gasteiger partial charge in [0.05, 0.1) is 21.7 Å². The summed E-state index contributed by atoms with van der Waals surface area (Å²) in [6, 6.07) is 11.9. The quantitative estimate of drug-likeness (QED) is 0.351. The number of hydrogen-bond donors (Lipinski definition) is 1. The summed E-state index contributed by atoms with van der Waals surface area (Å²) in [5.74, 6) is 0.439. The Morgan fingerprint density at radius 1 is 1.03 bits per heavy atom. The first-order chi connectivity index (χ1) is 16.3. The van der Waals surface area contributed by atoms with Gasteiger partial charge in [0.15, 0.2) is 0 Å². The van der Waals surface area contributed by atoms with Gasteiger partial charge in [-0.25, -0.2) is 9.97 Å². The van der Waals surface area contributed by atoms with Crippen LogP contribution in [0.1, 0.15) is 30.4 Å². The van der Waals surface area contributed by atoms with E-state index in [4.69, 9.17) is 0 Å². The van der Waals surface area contributed by atoms with Gasteiger partial charge in [-0.05, 0) is 49.4 Å². The molecule has 0 saturated carbocycles. The fourth-order valence-corrected chi connectivity index (χ4v) is 4.08. The number of aromatic nitrogens is 2. The van der Waals surface area contributed by atoms with Crippen LogP contribution in [-0.4, -0.2) is 34.5 Å². The second-order valence-corrected chi connectivity index (χ2v) is 8.17. The van der Waals surface area contributed by atoms with Crippen LogP contribution < -0.4 is 10.2 Å². The number of nitrogens with one attached hydrogen (secondary N) is 1. The van der Waals surface area contributed by atoms with Gasteiger partial charge >= 0.3 is 6.18 Å². The van der Waals surface area contributed by atoms with Crippen molar-refractivity contribution in [2.24, 2.45) is 0 Å². The van der Waals surface area contributed by atoms with Crippen LogP contribution in [0.15, 0.2) is 54.9 Å². The minimum absolute atomic E-state index is 0.0469. The summed E-state index contributed by atoms with van der Waals surface area (Å²) < 4.78 is 38.7. The summed E-state index contributed by atoms with van der Waals surface area (Å²) in [5, 5.41) is 14.7. The molecule has 0 atom stereocenters. The molecule has 2 heterocycles. The molecule has 0 amide bonds. The highest BCUT2D eigenvalue weighted by Gasteiger charge is 2.30. The predicted octanol–water partition coefficient (Wildman–Crippen LogP) is 5.72. The molecule has 2 aromatic carbocycles. The van der Waals surface area contributed by atoms with Gasteiger partial charge in [-0.3, -0.25) is 10.1 Å². The topological polar surface area (TPSA) is 84.2 Å². The van der Waals surface area contributed by atoms with Crippen molar-refractivity contribution >= 4 is 17.2 Å². The van der Waals surface area contributed by atoms with Crippen molar-refractivity contribution in [2.75, 3.05) is 29.9 Å². The number of nitro benzene ring substituents is 1. The third kappa shape index (κ3) is 5.62. The zero-order valence-corrected chi connectivity index (χ0v) is 18.4. The van der Waals surface area contributed by atoms with E-state index in [1.807, 2.05) is 0 Å². The minimum atomic E-state index is -4.39. The molecule has 0 aliphatic carbocycles. The number of piperidine rings is 1. The number of hydrogen-bond acceptors (Lipinski definition) is 6. The van der Waals surface area contributed by atoms with E-state index in [-0.39, 0.29) is 5.69 Å². The largest absolute Gasteiger partial charge is 0.416 e. The Bertz CT molecular complexity index is 1160. The van der Waals surface area contributed by atoms with Crippen molar-refractivity contribution in [1.29, 1.82) is 0 Å². The molecule has 1 fully saturated rings. The minimum Gasteiger partial charge on any atom is -0.372 e. The van der Waals surface area contributed by atoms with Crippen molar-refractivity contribution in [2.45, 2.75) is 31.9 Å². The van der Waals surface area contributed by atoms with E-state index in [1.165, 1.54) is 24.9 Å². The Balaban J connectivity index is 1.51. The van der Waals surface area contributed by atoms with Crippen LogP contribution >= 0.6 is 0 Å². The van der Waals surface area contributed by atoms with E-state index in [9.17, 15) is 23.3 Å². The highest BCUT2D eigenvalue weighted by Crippen LogP contribution is 2.34. The zero-order valence-electron chi connectivity index (χ0n) is 18.4. The molecule has 1 aromatic heterocycles. The van der Waals surface area contributed by atoms with Gasteiger partial charge in [0, 0.05) is 37.5 Å². The van der Waals surface area contributed by atoms with E-state index >= 15 is 0 Å². The standard InChI is InChI=1S/C24H24F3N5O2/c25-24(26,27)18-6-4-5-17(13-18)9-10-28-23-15-21(29-16-30-23)20-14-19(7-8-22(20)32(33)34)31-11-2-1-3-12-31/h4-8,13-16H,1-3,9-12H2,(H,28,29,30). The summed E-state index contributed by atoms with van der Waals surface area (Å²) in [5.41, 5.74) is 1.53. The Morgan fingerprint density at radius 3 is 2.56 bits per heavy atom. The lowest BCUT2D eigenvalue weighted by molar-refractivity contribution is -0.384. The van der Waals surface area contributed by atoms with Crippen LogP contribution in [0.3, 0.4) is 0 Å². The van der Waals surface area contributed by atoms with Gasteiger partial charge in [-0.15, -0.1) is 0 Å². The number of nitro groups is 1. The molecule has 0 radical (unpaired) electrons. The van der Waals surface area contributed by atoms with Gasteiger partial charge in [0.2, 0.25) is 0 Å². The fraction of sp³-hybridized carbons (Fsp3) is 0.333. The number of rotatable bonds is 7. The van der Waals surface area contributed by atoms with Gasteiger partial charge < -0.3 is 10.2 Å². The molecule has 1 aliphatic heterocycles. The molecule has 1 N–H and O–H groups in total. The molecule has 1 saturated heterocycles. The van der Waals surface area contributed by atoms with Crippen LogP contribution in [0, 0.1) is 10.1 Å². The van der Waals surface area contributed by atoms with Crippen LogP contribution in [0.5, 0.6) is 0 Å². The average Bonchev–Trinajstić information content (AvgIpc) is 2.84. The van der Waals surface area contributed by atoms with E-state index < -0.39 is 16.7 Å². The molecule has 10 heteroatoms. The first-order valence-corrected chi connectivity index (χ1v) is 11.1. The molecule has 7 nitrogen and oxygen atoms in total. The fourth-order valence-electron chi connectivity index (χ4n) is 4.08. The summed E-state index contributed by atoms with van der Waals surface area (Å²) in [6.45, 7) is 2.15. The third-order valence-electron chi connectivity index (χ3n) is 5.82. The molecule has 0 unspecified atom stereocenters. The molecular weight excluding hydrogens is 447 g/mol. The first kappa shape index (κ1) is 23.5. The predicted molar refractivity (Wildman–Crippen MR) is 124 cm³/mol. The number of halogens is 3. The van der Waals surface area contributed by atoms with Crippen LogP contribution in [0.2, 0.25) is 0 Å². The Hall–Kier alpha value is -3.69. The number of alkyl halides is 3. The smallest absolute Gasteiger partial charge is 0.372 e. The SMILES string of the molecule is O=[N+]([O-])c1ccc(N2CCCCC2)cc1-c1cc(NCCc2cccc(C(F)(F)F)c2)ncn1. The molecular formula is C24H24F3N5O2. The zero-order chi connectivity index (χ0) is 24.1. The van der Waals surface area contributed by atoms with Crippen LogP contribution in [0.4, 0.5) is 30.4 Å². The molecule has 34 heavy (non-hydrogen) atoms. The Labute approximate surface area is 194 Å². The maximum Gasteiger partial charge on any atom is 0.416 e. The molecule has 3 aromatic rings. The molecule has 4 rings (SSSR count). The second-order valence-electron chi connectivity index (χ2n) is 8.17. The van der Waals surface area contributed by atoms with Crippen molar-refractivity contribution in [3.63, 3.8) is 0 Å². The summed E-state index contributed by atoms with van der Waals surface area (Å²) in [6.07, 6.45) is 0.632. The lowest BCUT2D eigenvalue weighted by Gasteiger charge is -2.29. The van der Waals surface area contributed by atoms with E-state index in [0.717, 1.165) is 43.8 Å². The van der Waals surface area contributed by atoms with Crippen molar-refractivity contribution < 1.29 is 18.1 Å². The Morgan fingerprint density at radius 2 is 1.82 bits per heavy atom. The molecule has 1 aliphatic rings. The highest BCUT2D eigenvalue weighted by molar-refractivity contribution is 5.76. The van der Waals surface area contributed by atoms with Crippen molar-refractivity contribution in [1.82, 2.24) is 9.97 Å². The number of nitrogens with zero attached hydrogens (tertiary/aromatic N) is 4. The Kier molecular flexibility index (Phi) is 6.95. The third-order valence-corrected chi connectivity index (χ3v) is 5.82. The van der Waals surface area contributed by atoms with Crippen molar-refractivity contribution in [3.8, 4) is 11.3 Å². The monoisotopic (exact) mass is 471 g/mol. The number of anilines is 2. The van der Waals surface area contributed by atoms with Gasteiger partial charge in [0.1, 0.15) is 12.1 Å². The normalized spacial score (nSPS) is 14.1. The van der Waals surface area contributed by atoms with E-state index in [1.54, 1.807) is 24.3 Å². The lowest BCUT2D eigenvalue weighted by Crippen LogP contribution is -2.29. The maximum absolute atomic E-state index is 12.9. The molecule has 178 valence electrons. The second kappa shape index (κ2) is 10.1. The van der Waals surface area contributed by atoms with Crippen molar-refractivity contribution in [3.05, 3.63) is 76.1 Å². The summed E-state index contributed by atoms with van der Waals surface area (Å²) in [4.78, 5) is 21.8. The van der Waals surface area contributed by atoms with Gasteiger partial charge in [-0.1, -0.05) is 18.2 Å². The van der Waals surface area contributed by atoms with E-state index in [0.29, 0.717) is 35.6 Å². The number of benzene rings is 2. The van der Waals surface area contributed by atoms with E-state index in [2.05, 4.69) is 20.2 Å². The first-order valence-electron chi connectivity index (χ1n) is 11.1. The van der Waals surface area contributed by atoms with Crippen LogP contribution in [-0.2, 0) is 12.6 Å². The highest BCUT2D eigenvalue weighted by atomic mass is 19.4. The molecule has 0 bridgehead atoms. The molecule has 0 spiro atoms. The van der Waals surface area contributed by atoms with Gasteiger partial charge in [0.25, 0.3) is 5.69 Å².